The molecule has 0 saturated heterocycles. The quantitative estimate of drug-likeness (QED) is 0.655. The minimum atomic E-state index is -0.388. The van der Waals surface area contributed by atoms with Crippen molar-refractivity contribution in [3.8, 4) is 5.75 Å². The second kappa shape index (κ2) is 7.04. The molecule has 0 spiro atoms. The average molecular weight is 300 g/mol. The third-order valence-corrected chi connectivity index (χ3v) is 3.71. The summed E-state index contributed by atoms with van der Waals surface area (Å²) in [7, 11) is 1.62. The van der Waals surface area contributed by atoms with Gasteiger partial charge in [-0.1, -0.05) is 25.1 Å². The first-order chi connectivity index (χ1) is 10.5. The van der Waals surface area contributed by atoms with Gasteiger partial charge in [0.2, 0.25) is 0 Å². The Morgan fingerprint density at radius 2 is 2.05 bits per heavy atom. The lowest BCUT2D eigenvalue weighted by Crippen LogP contribution is -2.15. The molecule has 0 aromatic heterocycles. The Hall–Kier alpha value is -2.40. The maximum atomic E-state index is 11.0. The van der Waals surface area contributed by atoms with E-state index >= 15 is 0 Å². The zero-order valence-corrected chi connectivity index (χ0v) is 12.8. The molecule has 22 heavy (non-hydrogen) atoms. The van der Waals surface area contributed by atoms with Crippen LogP contribution >= 0.6 is 0 Å². The fourth-order valence-electron chi connectivity index (χ4n) is 2.53. The highest BCUT2D eigenvalue weighted by Crippen LogP contribution is 2.26. The van der Waals surface area contributed by atoms with Crippen LogP contribution in [0.4, 0.5) is 5.69 Å². The van der Waals surface area contributed by atoms with E-state index in [2.05, 4.69) is 0 Å². The third-order valence-electron chi connectivity index (χ3n) is 3.71. The fraction of sp³-hybridized carbons (Fsp3) is 0.294. The second-order valence-electron chi connectivity index (χ2n) is 5.16. The van der Waals surface area contributed by atoms with Crippen molar-refractivity contribution < 1.29 is 9.66 Å². The van der Waals surface area contributed by atoms with Crippen molar-refractivity contribution in [2.45, 2.75) is 25.8 Å². The van der Waals surface area contributed by atoms with E-state index in [0.717, 1.165) is 28.9 Å². The number of non-ortho nitro benzene ring substituents is 1. The number of nitro benzene ring substituents is 1. The molecule has 0 bridgehead atoms. The predicted octanol–water partition coefficient (Wildman–Crippen LogP) is 3.41. The Balaban J connectivity index is 2.29. The molecule has 0 aliphatic heterocycles. The summed E-state index contributed by atoms with van der Waals surface area (Å²) < 4.78 is 5.21. The number of benzene rings is 2. The van der Waals surface area contributed by atoms with E-state index in [4.69, 9.17) is 10.5 Å². The number of nitrogens with two attached hydrogens (primary N) is 1. The van der Waals surface area contributed by atoms with E-state index in [0.29, 0.717) is 6.42 Å². The standard InChI is InChI=1S/C17H20N2O3/c1-3-13-7-8-14(19(20)21)11-16(13)17(18)10-12-5-4-6-15(9-12)22-2/h4-9,11,17H,3,10,18H2,1-2H3. The number of hydrogen-bond donors (Lipinski definition) is 1. The summed E-state index contributed by atoms with van der Waals surface area (Å²) in [5.41, 5.74) is 9.30. The molecule has 1 unspecified atom stereocenters. The van der Waals surface area contributed by atoms with E-state index < -0.39 is 0 Å². The zero-order valence-electron chi connectivity index (χ0n) is 12.8. The van der Waals surface area contributed by atoms with Crippen LogP contribution in [0.3, 0.4) is 0 Å². The summed E-state index contributed by atoms with van der Waals surface area (Å²) in [5.74, 6) is 0.777. The van der Waals surface area contributed by atoms with Crippen molar-refractivity contribution in [3.05, 3.63) is 69.3 Å². The Labute approximate surface area is 129 Å². The Kier molecular flexibility index (Phi) is 5.12. The lowest BCUT2D eigenvalue weighted by molar-refractivity contribution is -0.384. The zero-order chi connectivity index (χ0) is 16.1. The number of aryl methyl sites for hydroxylation is 1. The van der Waals surface area contributed by atoms with Gasteiger partial charge in [-0.3, -0.25) is 10.1 Å². The first-order valence-electron chi connectivity index (χ1n) is 7.20. The van der Waals surface area contributed by atoms with Gasteiger partial charge in [-0.05, 0) is 41.7 Å². The Bertz CT molecular complexity index is 671. The van der Waals surface area contributed by atoms with Gasteiger partial charge in [0, 0.05) is 18.2 Å². The molecule has 2 N–H and O–H groups in total. The van der Waals surface area contributed by atoms with Crippen LogP contribution in [-0.4, -0.2) is 12.0 Å². The van der Waals surface area contributed by atoms with Gasteiger partial charge in [0.05, 0.1) is 12.0 Å². The molecular formula is C17H20N2O3. The maximum absolute atomic E-state index is 11.0. The monoisotopic (exact) mass is 300 g/mol. The van der Waals surface area contributed by atoms with Crippen LogP contribution in [0.25, 0.3) is 0 Å². The molecule has 1 atom stereocenters. The summed E-state index contributed by atoms with van der Waals surface area (Å²) in [4.78, 5) is 10.6. The van der Waals surface area contributed by atoms with Crippen LogP contribution in [-0.2, 0) is 12.8 Å². The van der Waals surface area contributed by atoms with Crippen molar-refractivity contribution in [1.29, 1.82) is 0 Å². The first kappa shape index (κ1) is 16.0. The topological polar surface area (TPSA) is 78.4 Å². The van der Waals surface area contributed by atoms with E-state index in [-0.39, 0.29) is 16.7 Å². The minimum absolute atomic E-state index is 0.0771. The van der Waals surface area contributed by atoms with Crippen LogP contribution in [0.5, 0.6) is 5.75 Å². The summed E-state index contributed by atoms with van der Waals surface area (Å²) >= 11 is 0. The number of rotatable bonds is 6. The first-order valence-corrected chi connectivity index (χ1v) is 7.20. The van der Waals surface area contributed by atoms with Gasteiger partial charge < -0.3 is 10.5 Å². The molecule has 0 fully saturated rings. The van der Waals surface area contributed by atoms with Gasteiger partial charge in [0.25, 0.3) is 5.69 Å². The molecule has 0 aliphatic carbocycles. The molecule has 0 amide bonds. The van der Waals surface area contributed by atoms with Gasteiger partial charge in [-0.2, -0.15) is 0 Å². The molecule has 5 nitrogen and oxygen atoms in total. The lowest BCUT2D eigenvalue weighted by Gasteiger charge is -2.16. The van der Waals surface area contributed by atoms with Gasteiger partial charge in [-0.25, -0.2) is 0 Å². The number of methoxy groups -OCH3 is 1. The van der Waals surface area contributed by atoms with Crippen molar-refractivity contribution in [2.75, 3.05) is 7.11 Å². The molecule has 0 heterocycles. The van der Waals surface area contributed by atoms with E-state index in [9.17, 15) is 10.1 Å². The van der Waals surface area contributed by atoms with E-state index in [1.54, 1.807) is 19.2 Å². The highest BCUT2D eigenvalue weighted by atomic mass is 16.6. The molecule has 0 radical (unpaired) electrons. The number of nitro groups is 1. The van der Waals surface area contributed by atoms with Gasteiger partial charge in [0.15, 0.2) is 0 Å². The SMILES string of the molecule is CCc1ccc([N+](=O)[O-])cc1C(N)Cc1cccc(OC)c1. The molecule has 0 aliphatic rings. The van der Waals surface area contributed by atoms with Crippen molar-refractivity contribution in [3.63, 3.8) is 0 Å². The third kappa shape index (κ3) is 3.62. The van der Waals surface area contributed by atoms with Crippen molar-refractivity contribution in [2.24, 2.45) is 5.73 Å². The number of nitrogens with zero attached hydrogens (tertiary/aromatic N) is 1. The lowest BCUT2D eigenvalue weighted by atomic mass is 9.94. The van der Waals surface area contributed by atoms with Gasteiger partial charge >= 0.3 is 0 Å². The van der Waals surface area contributed by atoms with E-state index in [1.165, 1.54) is 6.07 Å². The van der Waals surface area contributed by atoms with Crippen LogP contribution < -0.4 is 10.5 Å². The van der Waals surface area contributed by atoms with Crippen LogP contribution in [0.2, 0.25) is 0 Å². The highest BCUT2D eigenvalue weighted by molar-refractivity contribution is 5.42. The van der Waals surface area contributed by atoms with Gasteiger partial charge in [-0.15, -0.1) is 0 Å². The van der Waals surface area contributed by atoms with Crippen LogP contribution in [0.15, 0.2) is 42.5 Å². The highest BCUT2D eigenvalue weighted by Gasteiger charge is 2.16. The van der Waals surface area contributed by atoms with Crippen LogP contribution in [0, 0.1) is 10.1 Å². The smallest absolute Gasteiger partial charge is 0.269 e. The number of ether oxygens (including phenoxy) is 1. The summed E-state index contributed by atoms with van der Waals surface area (Å²) in [6, 6.07) is 12.3. The molecule has 2 aromatic rings. The van der Waals surface area contributed by atoms with Crippen molar-refractivity contribution in [1.82, 2.24) is 0 Å². The Morgan fingerprint density at radius 3 is 2.68 bits per heavy atom. The average Bonchev–Trinajstić information content (AvgIpc) is 2.54. The van der Waals surface area contributed by atoms with Gasteiger partial charge in [0.1, 0.15) is 5.75 Å². The molecule has 2 rings (SSSR count). The molecule has 0 saturated carbocycles. The molecular weight excluding hydrogens is 280 g/mol. The maximum Gasteiger partial charge on any atom is 0.269 e. The predicted molar refractivity (Wildman–Crippen MR) is 86.1 cm³/mol. The molecule has 2 aromatic carbocycles. The normalized spacial score (nSPS) is 12.0. The Morgan fingerprint density at radius 1 is 1.27 bits per heavy atom. The molecule has 116 valence electrons. The summed E-state index contributed by atoms with van der Waals surface area (Å²) in [5, 5.41) is 11.0. The van der Waals surface area contributed by atoms with Crippen LogP contribution in [0.1, 0.15) is 29.7 Å². The second-order valence-corrected chi connectivity index (χ2v) is 5.16. The number of hydrogen-bond acceptors (Lipinski definition) is 4. The van der Waals surface area contributed by atoms with E-state index in [1.807, 2.05) is 31.2 Å². The fourth-order valence-corrected chi connectivity index (χ4v) is 2.53. The largest absolute Gasteiger partial charge is 0.497 e. The molecule has 5 heteroatoms. The van der Waals surface area contributed by atoms with Crippen molar-refractivity contribution >= 4 is 5.69 Å². The summed E-state index contributed by atoms with van der Waals surface area (Å²) in [6.07, 6.45) is 1.39. The summed E-state index contributed by atoms with van der Waals surface area (Å²) in [6.45, 7) is 2.02. The minimum Gasteiger partial charge on any atom is -0.497 e.